The standard InChI is InChI=1S/C31H25NO5/c1-20-9-8-10-21(19-20)28-27(29(33)25-13-6-7-14-26(25)36-2)30(34)31(35)32(28)22-15-17-24(18-16-22)37-23-11-4-3-5-12-23/h3-19,28,33H,1-2H3/b29-27-. The van der Waals surface area contributed by atoms with E-state index in [0.717, 1.165) is 5.56 Å². The summed E-state index contributed by atoms with van der Waals surface area (Å²) in [6.45, 7) is 1.94. The number of anilines is 1. The number of aliphatic hydroxyl groups is 1. The third kappa shape index (κ3) is 4.57. The van der Waals surface area contributed by atoms with E-state index in [1.165, 1.54) is 12.0 Å². The molecule has 37 heavy (non-hydrogen) atoms. The van der Waals surface area contributed by atoms with Gasteiger partial charge in [0.15, 0.2) is 0 Å². The fraction of sp³-hybridized carbons (Fsp3) is 0.0968. The molecular weight excluding hydrogens is 466 g/mol. The minimum absolute atomic E-state index is 0.00436. The Kier molecular flexibility index (Phi) is 6.47. The van der Waals surface area contributed by atoms with Crippen LogP contribution in [-0.2, 0) is 9.59 Å². The topological polar surface area (TPSA) is 76.1 Å². The maximum atomic E-state index is 13.4. The number of nitrogens with zero attached hydrogens (tertiary/aromatic N) is 1. The van der Waals surface area contributed by atoms with Crippen LogP contribution in [0.3, 0.4) is 0 Å². The lowest BCUT2D eigenvalue weighted by Crippen LogP contribution is -2.29. The van der Waals surface area contributed by atoms with Crippen molar-refractivity contribution in [2.75, 3.05) is 12.0 Å². The fourth-order valence-electron chi connectivity index (χ4n) is 4.54. The molecule has 4 aromatic carbocycles. The lowest BCUT2D eigenvalue weighted by Gasteiger charge is -2.26. The van der Waals surface area contributed by atoms with Crippen LogP contribution in [0.15, 0.2) is 109 Å². The number of amides is 1. The first-order chi connectivity index (χ1) is 18.0. The van der Waals surface area contributed by atoms with Crippen LogP contribution in [-0.4, -0.2) is 23.9 Å². The largest absolute Gasteiger partial charge is 0.507 e. The summed E-state index contributed by atoms with van der Waals surface area (Å²) >= 11 is 0. The van der Waals surface area contributed by atoms with Gasteiger partial charge in [-0.15, -0.1) is 0 Å². The van der Waals surface area contributed by atoms with Crippen molar-refractivity contribution in [3.63, 3.8) is 0 Å². The van der Waals surface area contributed by atoms with Gasteiger partial charge in [0, 0.05) is 5.69 Å². The van der Waals surface area contributed by atoms with Crippen LogP contribution in [0, 0.1) is 6.92 Å². The summed E-state index contributed by atoms with van der Waals surface area (Å²) < 4.78 is 11.3. The van der Waals surface area contributed by atoms with Crippen LogP contribution < -0.4 is 14.4 Å². The third-order valence-corrected chi connectivity index (χ3v) is 6.26. The molecule has 0 saturated carbocycles. The van der Waals surface area contributed by atoms with Gasteiger partial charge >= 0.3 is 0 Å². The predicted octanol–water partition coefficient (Wildman–Crippen LogP) is 6.42. The summed E-state index contributed by atoms with van der Waals surface area (Å²) in [5.41, 5.74) is 2.53. The van der Waals surface area contributed by atoms with E-state index in [-0.39, 0.29) is 11.3 Å². The molecule has 1 amide bonds. The summed E-state index contributed by atoms with van der Waals surface area (Å²) in [5.74, 6) is -0.0930. The Labute approximate surface area is 215 Å². The van der Waals surface area contributed by atoms with Crippen molar-refractivity contribution >= 4 is 23.1 Å². The van der Waals surface area contributed by atoms with E-state index in [1.807, 2.05) is 61.5 Å². The van der Waals surface area contributed by atoms with Crippen LogP contribution in [0.25, 0.3) is 5.76 Å². The molecule has 4 aromatic rings. The van der Waals surface area contributed by atoms with Gasteiger partial charge < -0.3 is 14.6 Å². The molecule has 0 spiro atoms. The van der Waals surface area contributed by atoms with E-state index in [1.54, 1.807) is 48.5 Å². The van der Waals surface area contributed by atoms with Crippen molar-refractivity contribution in [1.29, 1.82) is 0 Å². The maximum absolute atomic E-state index is 13.4. The van der Waals surface area contributed by atoms with E-state index in [9.17, 15) is 14.7 Å². The van der Waals surface area contributed by atoms with Crippen molar-refractivity contribution in [2.24, 2.45) is 0 Å². The van der Waals surface area contributed by atoms with Gasteiger partial charge in [0.05, 0.1) is 24.3 Å². The number of ketones is 1. The van der Waals surface area contributed by atoms with Gasteiger partial charge in [-0.2, -0.15) is 0 Å². The molecule has 1 N–H and O–H groups in total. The Morgan fingerprint density at radius 2 is 1.49 bits per heavy atom. The van der Waals surface area contributed by atoms with Crippen LogP contribution in [0.1, 0.15) is 22.7 Å². The molecule has 5 rings (SSSR count). The fourth-order valence-corrected chi connectivity index (χ4v) is 4.54. The normalized spacial score (nSPS) is 16.6. The molecule has 0 radical (unpaired) electrons. The highest BCUT2D eigenvalue weighted by Gasteiger charge is 2.47. The number of rotatable bonds is 6. The number of hydrogen-bond donors (Lipinski definition) is 1. The summed E-state index contributed by atoms with van der Waals surface area (Å²) in [4.78, 5) is 28.2. The maximum Gasteiger partial charge on any atom is 0.300 e. The summed E-state index contributed by atoms with van der Waals surface area (Å²) in [5, 5.41) is 11.4. The lowest BCUT2D eigenvalue weighted by atomic mass is 9.94. The van der Waals surface area contributed by atoms with Gasteiger partial charge in [-0.05, 0) is 61.0 Å². The van der Waals surface area contributed by atoms with Crippen LogP contribution in [0.4, 0.5) is 5.69 Å². The molecule has 0 bridgehead atoms. The molecule has 1 saturated heterocycles. The second kappa shape index (κ2) is 10.0. The molecule has 6 heteroatoms. The molecule has 0 aliphatic carbocycles. The van der Waals surface area contributed by atoms with Crippen molar-refractivity contribution in [3.8, 4) is 17.2 Å². The highest BCUT2D eigenvalue weighted by molar-refractivity contribution is 6.51. The predicted molar refractivity (Wildman–Crippen MR) is 142 cm³/mol. The molecule has 0 aromatic heterocycles. The Morgan fingerprint density at radius 3 is 2.19 bits per heavy atom. The highest BCUT2D eigenvalue weighted by atomic mass is 16.5. The van der Waals surface area contributed by atoms with Gasteiger partial charge in [0.2, 0.25) is 0 Å². The smallest absolute Gasteiger partial charge is 0.300 e. The Hall–Kier alpha value is -4.84. The second-order valence-corrected chi connectivity index (χ2v) is 8.69. The van der Waals surface area contributed by atoms with Crippen LogP contribution >= 0.6 is 0 Å². The van der Waals surface area contributed by atoms with Crippen molar-refractivity contribution in [2.45, 2.75) is 13.0 Å². The second-order valence-electron chi connectivity index (χ2n) is 8.69. The first-order valence-corrected chi connectivity index (χ1v) is 11.8. The van der Waals surface area contributed by atoms with Crippen LogP contribution in [0.5, 0.6) is 17.2 Å². The molecule has 1 aliphatic heterocycles. The number of para-hydroxylation sites is 2. The number of ether oxygens (including phenoxy) is 2. The van der Waals surface area contributed by atoms with Crippen molar-refractivity contribution < 1.29 is 24.2 Å². The molecule has 1 aliphatic rings. The summed E-state index contributed by atoms with van der Waals surface area (Å²) in [7, 11) is 1.49. The average molecular weight is 492 g/mol. The molecule has 6 nitrogen and oxygen atoms in total. The van der Waals surface area contributed by atoms with Crippen molar-refractivity contribution in [3.05, 3.63) is 125 Å². The zero-order chi connectivity index (χ0) is 25.9. The molecule has 1 heterocycles. The number of hydrogen-bond acceptors (Lipinski definition) is 5. The molecule has 1 unspecified atom stereocenters. The molecule has 1 fully saturated rings. The van der Waals surface area contributed by atoms with E-state index >= 15 is 0 Å². The number of aliphatic hydroxyl groups excluding tert-OH is 1. The Bertz CT molecular complexity index is 1490. The first kappa shape index (κ1) is 23.9. The number of carbonyl (C=O) groups is 2. The number of carbonyl (C=O) groups excluding carboxylic acids is 2. The highest BCUT2D eigenvalue weighted by Crippen LogP contribution is 2.43. The first-order valence-electron chi connectivity index (χ1n) is 11.8. The number of aryl methyl sites for hydroxylation is 1. The lowest BCUT2D eigenvalue weighted by molar-refractivity contribution is -0.132. The zero-order valence-electron chi connectivity index (χ0n) is 20.4. The monoisotopic (exact) mass is 491 g/mol. The van der Waals surface area contributed by atoms with E-state index in [2.05, 4.69) is 0 Å². The van der Waals surface area contributed by atoms with Crippen LogP contribution in [0.2, 0.25) is 0 Å². The third-order valence-electron chi connectivity index (χ3n) is 6.26. The Balaban J connectivity index is 1.61. The minimum Gasteiger partial charge on any atom is -0.507 e. The molecule has 184 valence electrons. The average Bonchev–Trinajstić information content (AvgIpc) is 3.19. The number of Topliss-reactive ketones (excluding diaryl/α,β-unsaturated/α-hetero) is 1. The van der Waals surface area contributed by atoms with Gasteiger partial charge in [-0.3, -0.25) is 14.5 Å². The summed E-state index contributed by atoms with van der Waals surface area (Å²) in [6.07, 6.45) is 0. The number of methoxy groups -OCH3 is 1. The number of benzene rings is 4. The van der Waals surface area contributed by atoms with E-state index < -0.39 is 17.7 Å². The van der Waals surface area contributed by atoms with Gasteiger partial charge in [0.25, 0.3) is 11.7 Å². The van der Waals surface area contributed by atoms with Gasteiger partial charge in [0.1, 0.15) is 23.0 Å². The van der Waals surface area contributed by atoms with Gasteiger partial charge in [-0.1, -0.05) is 60.2 Å². The quantitative estimate of drug-likeness (QED) is 0.191. The van der Waals surface area contributed by atoms with Gasteiger partial charge in [-0.25, -0.2) is 0 Å². The van der Waals surface area contributed by atoms with E-state index in [0.29, 0.717) is 34.1 Å². The van der Waals surface area contributed by atoms with E-state index in [4.69, 9.17) is 9.47 Å². The molecular formula is C31H25NO5. The molecule has 1 atom stereocenters. The zero-order valence-corrected chi connectivity index (χ0v) is 20.4. The SMILES string of the molecule is COc1ccccc1/C(O)=C1/C(=O)C(=O)N(c2ccc(Oc3ccccc3)cc2)C1c1cccc(C)c1. The van der Waals surface area contributed by atoms with Crippen molar-refractivity contribution in [1.82, 2.24) is 0 Å². The summed E-state index contributed by atoms with van der Waals surface area (Å²) in [6, 6.07) is 29.9. The minimum atomic E-state index is -0.828. The Morgan fingerprint density at radius 1 is 0.811 bits per heavy atom.